The van der Waals surface area contributed by atoms with Crippen LogP contribution in [0.2, 0.25) is 0 Å². The summed E-state index contributed by atoms with van der Waals surface area (Å²) in [5.41, 5.74) is 15.6. The predicted octanol–water partition coefficient (Wildman–Crippen LogP) is 1.30. The number of anilines is 1. The van der Waals surface area contributed by atoms with E-state index in [1.165, 1.54) is 11.1 Å². The van der Waals surface area contributed by atoms with Gasteiger partial charge in [-0.2, -0.15) is 0 Å². The van der Waals surface area contributed by atoms with Crippen LogP contribution < -0.4 is 11.5 Å². The molecule has 1 aromatic heterocycles. The number of amidine groups is 1. The van der Waals surface area contributed by atoms with Gasteiger partial charge in [-0.1, -0.05) is 12.1 Å². The Hall–Kier alpha value is -2.63. The van der Waals surface area contributed by atoms with Gasteiger partial charge in [0.2, 0.25) is 0 Å². The summed E-state index contributed by atoms with van der Waals surface area (Å²) in [5, 5.41) is 0. The van der Waals surface area contributed by atoms with Gasteiger partial charge in [0.25, 0.3) is 6.02 Å². The van der Waals surface area contributed by atoms with Crippen molar-refractivity contribution in [2.24, 2.45) is 10.7 Å². The van der Waals surface area contributed by atoms with Gasteiger partial charge >= 0.3 is 0 Å². The number of rotatable bonds is 1. The number of aryl methyl sites for hydroxylation is 1. The number of aromatic nitrogens is 2. The fourth-order valence-electron chi connectivity index (χ4n) is 3.21. The zero-order chi connectivity index (χ0) is 15.2. The number of aliphatic imine (C=N–C) groups is 1. The molecular weight excluding hydrogens is 278 g/mol. The van der Waals surface area contributed by atoms with Crippen LogP contribution in [0.4, 0.5) is 5.82 Å². The lowest BCUT2D eigenvalue weighted by molar-refractivity contribution is 0.235. The second-order valence-electron chi connectivity index (χ2n) is 5.95. The lowest BCUT2D eigenvalue weighted by Gasteiger charge is -2.30. The normalized spacial score (nSPS) is 23.0. The Kier molecular flexibility index (Phi) is 2.79. The standard InChI is InChI=1S/C16H17N5O/c17-14-8-19-13(7-20-14)11-1-2-12-6-16(4-3-10(12)5-11)9-22-15(18)21-16/h1-2,5,7-8H,3-4,6,9H2,(H2,17,20)(H2,18,21). The third kappa shape index (κ3) is 2.16. The van der Waals surface area contributed by atoms with Crippen molar-refractivity contribution in [1.82, 2.24) is 9.97 Å². The number of nitrogen functional groups attached to an aromatic ring is 1. The third-order valence-electron chi connectivity index (χ3n) is 4.39. The second-order valence-corrected chi connectivity index (χ2v) is 5.95. The Morgan fingerprint density at radius 3 is 2.73 bits per heavy atom. The molecule has 4 rings (SSSR count). The van der Waals surface area contributed by atoms with Crippen LogP contribution in [0, 0.1) is 0 Å². The second kappa shape index (κ2) is 4.69. The molecule has 1 spiro atoms. The van der Waals surface area contributed by atoms with Crippen LogP contribution in [0.15, 0.2) is 35.6 Å². The molecule has 2 heterocycles. The van der Waals surface area contributed by atoms with Crippen molar-refractivity contribution in [3.63, 3.8) is 0 Å². The minimum absolute atomic E-state index is 0.167. The molecule has 112 valence electrons. The molecule has 6 heteroatoms. The number of hydrogen-bond acceptors (Lipinski definition) is 6. The summed E-state index contributed by atoms with van der Waals surface area (Å²) in [5.74, 6) is 0.431. The number of ether oxygens (including phenoxy) is 1. The monoisotopic (exact) mass is 295 g/mol. The van der Waals surface area contributed by atoms with Crippen molar-refractivity contribution in [2.45, 2.75) is 24.8 Å². The Morgan fingerprint density at radius 2 is 2.00 bits per heavy atom. The van der Waals surface area contributed by atoms with Crippen LogP contribution in [0.3, 0.4) is 0 Å². The molecule has 0 bridgehead atoms. The van der Waals surface area contributed by atoms with Crippen LogP contribution in [0.5, 0.6) is 0 Å². The fraction of sp³-hybridized carbons (Fsp3) is 0.312. The maximum atomic E-state index is 5.67. The van der Waals surface area contributed by atoms with Gasteiger partial charge in [-0.05, 0) is 30.0 Å². The van der Waals surface area contributed by atoms with Crippen LogP contribution in [0.25, 0.3) is 11.3 Å². The summed E-state index contributed by atoms with van der Waals surface area (Å²) < 4.78 is 5.36. The summed E-state index contributed by atoms with van der Waals surface area (Å²) >= 11 is 0. The van der Waals surface area contributed by atoms with Crippen LogP contribution in [-0.2, 0) is 17.6 Å². The lowest BCUT2D eigenvalue weighted by Crippen LogP contribution is -2.35. The fourth-order valence-corrected chi connectivity index (χ4v) is 3.21. The van der Waals surface area contributed by atoms with Crippen molar-refractivity contribution in [3.8, 4) is 11.3 Å². The van der Waals surface area contributed by atoms with E-state index < -0.39 is 0 Å². The van der Waals surface area contributed by atoms with Gasteiger partial charge in [-0.25, -0.2) is 9.98 Å². The van der Waals surface area contributed by atoms with Crippen molar-refractivity contribution < 1.29 is 4.74 Å². The molecule has 0 fully saturated rings. The van der Waals surface area contributed by atoms with Gasteiger partial charge in [-0.3, -0.25) is 4.98 Å². The molecule has 2 aliphatic rings. The lowest BCUT2D eigenvalue weighted by atomic mass is 9.78. The van der Waals surface area contributed by atoms with E-state index in [1.807, 2.05) is 0 Å². The maximum Gasteiger partial charge on any atom is 0.282 e. The molecule has 1 aliphatic heterocycles. The van der Waals surface area contributed by atoms with Crippen LogP contribution >= 0.6 is 0 Å². The van der Waals surface area contributed by atoms with Crippen LogP contribution in [0.1, 0.15) is 17.5 Å². The Balaban J connectivity index is 1.65. The van der Waals surface area contributed by atoms with E-state index in [0.29, 0.717) is 18.4 Å². The Bertz CT molecular complexity index is 756. The SMILES string of the molecule is NC1=NC2(CCc3cc(-c4cnc(N)cn4)ccc3C2)CO1. The summed E-state index contributed by atoms with van der Waals surface area (Å²) in [4.78, 5) is 12.9. The molecular formula is C16H17N5O. The molecule has 0 saturated heterocycles. The summed E-state index contributed by atoms with van der Waals surface area (Å²) in [7, 11) is 0. The zero-order valence-corrected chi connectivity index (χ0v) is 12.1. The number of fused-ring (bicyclic) bond motifs is 1. The van der Waals surface area contributed by atoms with E-state index in [1.54, 1.807) is 12.4 Å². The number of hydrogen-bond donors (Lipinski definition) is 2. The highest BCUT2D eigenvalue weighted by atomic mass is 16.5. The van der Waals surface area contributed by atoms with E-state index in [4.69, 9.17) is 16.2 Å². The molecule has 0 saturated carbocycles. The molecule has 4 N–H and O–H groups in total. The average Bonchev–Trinajstić information content (AvgIpc) is 2.88. The Labute approximate surface area is 128 Å². The first-order valence-electron chi connectivity index (χ1n) is 7.31. The maximum absolute atomic E-state index is 5.67. The van der Waals surface area contributed by atoms with E-state index in [9.17, 15) is 0 Å². The largest absolute Gasteiger partial charge is 0.463 e. The summed E-state index contributed by atoms with van der Waals surface area (Å²) in [6.07, 6.45) is 6.08. The van der Waals surface area contributed by atoms with Gasteiger partial charge in [0.1, 0.15) is 18.0 Å². The molecule has 1 aliphatic carbocycles. The van der Waals surface area contributed by atoms with E-state index in [2.05, 4.69) is 33.2 Å². The van der Waals surface area contributed by atoms with Crippen molar-refractivity contribution >= 4 is 11.8 Å². The van der Waals surface area contributed by atoms with E-state index in [0.717, 1.165) is 30.5 Å². The van der Waals surface area contributed by atoms with Crippen LogP contribution in [-0.4, -0.2) is 28.1 Å². The van der Waals surface area contributed by atoms with Crippen molar-refractivity contribution in [3.05, 3.63) is 41.7 Å². The van der Waals surface area contributed by atoms with Gasteiger partial charge in [0.05, 0.1) is 18.1 Å². The zero-order valence-electron chi connectivity index (χ0n) is 12.1. The molecule has 1 aromatic carbocycles. The highest BCUT2D eigenvalue weighted by molar-refractivity contribution is 5.74. The molecule has 22 heavy (non-hydrogen) atoms. The van der Waals surface area contributed by atoms with E-state index in [-0.39, 0.29) is 5.54 Å². The molecule has 2 aromatic rings. The van der Waals surface area contributed by atoms with E-state index >= 15 is 0 Å². The van der Waals surface area contributed by atoms with Gasteiger partial charge in [-0.15, -0.1) is 0 Å². The smallest absolute Gasteiger partial charge is 0.282 e. The summed E-state index contributed by atoms with van der Waals surface area (Å²) in [6, 6.07) is 6.72. The topological polar surface area (TPSA) is 99.4 Å². The molecule has 1 atom stereocenters. The quantitative estimate of drug-likeness (QED) is 0.826. The van der Waals surface area contributed by atoms with Crippen molar-refractivity contribution in [2.75, 3.05) is 12.3 Å². The third-order valence-corrected chi connectivity index (χ3v) is 4.39. The predicted molar refractivity (Wildman–Crippen MR) is 84.2 cm³/mol. The molecule has 6 nitrogen and oxygen atoms in total. The van der Waals surface area contributed by atoms with Gasteiger partial charge < -0.3 is 16.2 Å². The highest BCUT2D eigenvalue weighted by Gasteiger charge is 2.39. The number of nitrogens with zero attached hydrogens (tertiary/aromatic N) is 3. The first-order valence-corrected chi connectivity index (χ1v) is 7.31. The minimum Gasteiger partial charge on any atom is -0.463 e. The first-order chi connectivity index (χ1) is 10.6. The van der Waals surface area contributed by atoms with Crippen molar-refractivity contribution in [1.29, 1.82) is 0 Å². The van der Waals surface area contributed by atoms with Gasteiger partial charge in [0, 0.05) is 12.0 Å². The van der Waals surface area contributed by atoms with Gasteiger partial charge in [0.15, 0.2) is 0 Å². The summed E-state index contributed by atoms with van der Waals surface area (Å²) in [6.45, 7) is 0.587. The number of benzene rings is 1. The Morgan fingerprint density at radius 1 is 1.09 bits per heavy atom. The molecule has 0 amide bonds. The number of nitrogens with two attached hydrogens (primary N) is 2. The first kappa shape index (κ1) is 13.1. The molecule has 0 radical (unpaired) electrons. The minimum atomic E-state index is -0.167. The highest BCUT2D eigenvalue weighted by Crippen LogP contribution is 2.35. The average molecular weight is 295 g/mol. The molecule has 1 unspecified atom stereocenters.